The number of hydrogen-bond acceptors (Lipinski definition) is 2. The lowest BCUT2D eigenvalue weighted by Gasteiger charge is -2.05. The van der Waals surface area contributed by atoms with Gasteiger partial charge in [-0.05, 0) is 36.6 Å². The molecular formula is C18H18N2O. The van der Waals surface area contributed by atoms with Crippen LogP contribution >= 0.6 is 0 Å². The number of aromatic hydroxyl groups is 1. The van der Waals surface area contributed by atoms with Crippen LogP contribution in [0.4, 0.5) is 0 Å². The third kappa shape index (κ3) is 2.42. The monoisotopic (exact) mass is 278 g/mol. The number of benzene rings is 2. The van der Waals surface area contributed by atoms with Crippen molar-refractivity contribution in [2.45, 2.75) is 20.3 Å². The Morgan fingerprint density at radius 2 is 1.81 bits per heavy atom. The number of hydrogen-bond donors (Lipinski definition) is 1. The number of rotatable bonds is 3. The highest BCUT2D eigenvalue weighted by Gasteiger charge is 2.18. The van der Waals surface area contributed by atoms with Crippen LogP contribution in [0.5, 0.6) is 5.88 Å². The van der Waals surface area contributed by atoms with Crippen LogP contribution in [0.2, 0.25) is 0 Å². The first-order chi connectivity index (χ1) is 10.2. The molecule has 0 saturated heterocycles. The highest BCUT2D eigenvalue weighted by atomic mass is 16.3. The highest BCUT2D eigenvalue weighted by molar-refractivity contribution is 5.72. The molecule has 1 N–H and O–H groups in total. The highest BCUT2D eigenvalue weighted by Crippen LogP contribution is 2.34. The van der Waals surface area contributed by atoms with Crippen LogP contribution in [-0.4, -0.2) is 14.9 Å². The van der Waals surface area contributed by atoms with E-state index in [0.29, 0.717) is 0 Å². The Balaban J connectivity index is 2.19. The molecule has 3 rings (SSSR count). The van der Waals surface area contributed by atoms with Gasteiger partial charge >= 0.3 is 0 Å². The predicted octanol–water partition coefficient (Wildman–Crippen LogP) is 4.12. The van der Waals surface area contributed by atoms with Crippen molar-refractivity contribution in [3.05, 3.63) is 65.9 Å². The topological polar surface area (TPSA) is 38.0 Å². The molecule has 0 aliphatic heterocycles. The fraction of sp³-hybridized carbons (Fsp3) is 0.167. The minimum atomic E-state index is 0.198. The normalized spacial score (nSPS) is 10.8. The van der Waals surface area contributed by atoms with Crippen LogP contribution in [0.15, 0.2) is 54.6 Å². The van der Waals surface area contributed by atoms with E-state index in [1.54, 1.807) is 4.68 Å². The summed E-state index contributed by atoms with van der Waals surface area (Å²) in [6.07, 6.45) is 0.774. The lowest BCUT2D eigenvalue weighted by molar-refractivity contribution is 0.435. The van der Waals surface area contributed by atoms with Gasteiger partial charge in [-0.2, -0.15) is 5.10 Å². The lowest BCUT2D eigenvalue weighted by atomic mass is 10.0. The molecule has 106 valence electrons. The Kier molecular flexibility index (Phi) is 3.48. The predicted molar refractivity (Wildman–Crippen MR) is 84.8 cm³/mol. The van der Waals surface area contributed by atoms with Gasteiger partial charge in [0.05, 0.1) is 16.9 Å². The SMILES string of the molecule is CCc1nn(-c2cccc(C)c2)c(O)c1-c1ccccc1. The molecule has 1 aromatic heterocycles. The van der Waals surface area contributed by atoms with Crippen molar-refractivity contribution >= 4 is 0 Å². The van der Waals surface area contributed by atoms with Gasteiger partial charge in [-0.1, -0.05) is 49.4 Å². The molecule has 0 radical (unpaired) electrons. The maximum absolute atomic E-state index is 10.6. The maximum atomic E-state index is 10.6. The molecule has 3 aromatic rings. The Labute approximate surface area is 124 Å². The van der Waals surface area contributed by atoms with E-state index in [2.05, 4.69) is 12.0 Å². The first-order valence-electron chi connectivity index (χ1n) is 7.14. The zero-order valence-corrected chi connectivity index (χ0v) is 12.2. The fourth-order valence-electron chi connectivity index (χ4n) is 2.54. The summed E-state index contributed by atoms with van der Waals surface area (Å²) in [5.41, 5.74) is 4.73. The van der Waals surface area contributed by atoms with Gasteiger partial charge in [-0.3, -0.25) is 0 Å². The molecule has 0 atom stereocenters. The summed E-state index contributed by atoms with van der Waals surface area (Å²) in [4.78, 5) is 0. The molecule has 0 fully saturated rings. The average Bonchev–Trinajstić information content (AvgIpc) is 2.85. The third-order valence-corrected chi connectivity index (χ3v) is 3.58. The molecule has 3 heteroatoms. The molecule has 0 saturated carbocycles. The molecule has 0 bridgehead atoms. The van der Waals surface area contributed by atoms with Crippen molar-refractivity contribution in [1.29, 1.82) is 0 Å². The van der Waals surface area contributed by atoms with Crippen LogP contribution in [-0.2, 0) is 6.42 Å². The Bertz CT molecular complexity index is 760. The molecule has 1 heterocycles. The molecule has 2 aromatic carbocycles. The molecule has 0 spiro atoms. The third-order valence-electron chi connectivity index (χ3n) is 3.58. The fourth-order valence-corrected chi connectivity index (χ4v) is 2.54. The molecular weight excluding hydrogens is 260 g/mol. The number of aromatic nitrogens is 2. The number of nitrogens with zero attached hydrogens (tertiary/aromatic N) is 2. The van der Waals surface area contributed by atoms with Gasteiger partial charge < -0.3 is 5.11 Å². The van der Waals surface area contributed by atoms with Crippen LogP contribution < -0.4 is 0 Å². The molecule has 21 heavy (non-hydrogen) atoms. The van der Waals surface area contributed by atoms with Gasteiger partial charge in [0.25, 0.3) is 0 Å². The Morgan fingerprint density at radius 1 is 1.05 bits per heavy atom. The van der Waals surface area contributed by atoms with E-state index in [1.807, 2.05) is 61.5 Å². The van der Waals surface area contributed by atoms with Gasteiger partial charge in [0.15, 0.2) is 0 Å². The molecule has 0 unspecified atom stereocenters. The van der Waals surface area contributed by atoms with E-state index in [9.17, 15) is 5.11 Å². The van der Waals surface area contributed by atoms with Crippen molar-refractivity contribution in [1.82, 2.24) is 9.78 Å². The van der Waals surface area contributed by atoms with Crippen molar-refractivity contribution in [2.24, 2.45) is 0 Å². The van der Waals surface area contributed by atoms with E-state index in [1.165, 1.54) is 0 Å². The minimum Gasteiger partial charge on any atom is -0.493 e. The van der Waals surface area contributed by atoms with Gasteiger partial charge in [-0.15, -0.1) is 0 Å². The maximum Gasteiger partial charge on any atom is 0.222 e. The van der Waals surface area contributed by atoms with Gasteiger partial charge in [-0.25, -0.2) is 4.68 Å². The summed E-state index contributed by atoms with van der Waals surface area (Å²) in [5.74, 6) is 0.198. The Morgan fingerprint density at radius 3 is 2.48 bits per heavy atom. The molecule has 0 aliphatic carbocycles. The van der Waals surface area contributed by atoms with Crippen LogP contribution in [0.25, 0.3) is 16.8 Å². The molecule has 0 aliphatic rings. The van der Waals surface area contributed by atoms with Gasteiger partial charge in [0.1, 0.15) is 0 Å². The first-order valence-corrected chi connectivity index (χ1v) is 7.14. The van der Waals surface area contributed by atoms with Crippen molar-refractivity contribution < 1.29 is 5.11 Å². The second-order valence-electron chi connectivity index (χ2n) is 5.12. The largest absolute Gasteiger partial charge is 0.493 e. The van der Waals surface area contributed by atoms with E-state index in [-0.39, 0.29) is 5.88 Å². The summed E-state index contributed by atoms with van der Waals surface area (Å²) >= 11 is 0. The zero-order chi connectivity index (χ0) is 14.8. The van der Waals surface area contributed by atoms with Crippen molar-refractivity contribution in [3.8, 4) is 22.7 Å². The van der Waals surface area contributed by atoms with Crippen molar-refractivity contribution in [2.75, 3.05) is 0 Å². The smallest absolute Gasteiger partial charge is 0.222 e. The second kappa shape index (κ2) is 5.44. The standard InChI is InChI=1S/C18H18N2O/c1-3-16-17(14-9-5-4-6-10-14)18(21)20(19-16)15-11-7-8-13(2)12-15/h4-12,21H,3H2,1-2H3. The summed E-state index contributed by atoms with van der Waals surface area (Å²) < 4.78 is 1.62. The molecule has 0 amide bonds. The Hall–Kier alpha value is -2.55. The first kappa shape index (κ1) is 13.4. The van der Waals surface area contributed by atoms with Crippen molar-refractivity contribution in [3.63, 3.8) is 0 Å². The van der Waals surface area contributed by atoms with Crippen LogP contribution in [0, 0.1) is 6.92 Å². The quantitative estimate of drug-likeness (QED) is 0.782. The molecule has 3 nitrogen and oxygen atoms in total. The second-order valence-corrected chi connectivity index (χ2v) is 5.12. The summed E-state index contributed by atoms with van der Waals surface area (Å²) in [7, 11) is 0. The van der Waals surface area contributed by atoms with Gasteiger partial charge in [0.2, 0.25) is 5.88 Å². The summed E-state index contributed by atoms with van der Waals surface area (Å²) in [6.45, 7) is 4.08. The summed E-state index contributed by atoms with van der Waals surface area (Å²) in [5, 5.41) is 15.2. The van der Waals surface area contributed by atoms with Gasteiger partial charge in [0, 0.05) is 0 Å². The van der Waals surface area contributed by atoms with E-state index in [4.69, 9.17) is 0 Å². The lowest BCUT2D eigenvalue weighted by Crippen LogP contribution is -1.96. The van der Waals surface area contributed by atoms with E-state index < -0.39 is 0 Å². The van der Waals surface area contributed by atoms with Crippen LogP contribution in [0.3, 0.4) is 0 Å². The average molecular weight is 278 g/mol. The summed E-state index contributed by atoms with van der Waals surface area (Å²) in [6, 6.07) is 17.9. The van der Waals surface area contributed by atoms with E-state index >= 15 is 0 Å². The number of aryl methyl sites for hydroxylation is 2. The van der Waals surface area contributed by atoms with Crippen LogP contribution in [0.1, 0.15) is 18.2 Å². The minimum absolute atomic E-state index is 0.198. The van der Waals surface area contributed by atoms with E-state index in [0.717, 1.165) is 34.5 Å². The zero-order valence-electron chi connectivity index (χ0n) is 12.2.